The average molecular weight is 292 g/mol. The van der Waals surface area contributed by atoms with Gasteiger partial charge in [-0.3, -0.25) is 0 Å². The van der Waals surface area contributed by atoms with Crippen molar-refractivity contribution in [2.24, 2.45) is 5.73 Å². The van der Waals surface area contributed by atoms with E-state index in [0.717, 1.165) is 17.8 Å². The lowest BCUT2D eigenvalue weighted by Crippen LogP contribution is -2.20. The first-order chi connectivity index (χ1) is 9.54. The number of anilines is 2. The van der Waals surface area contributed by atoms with Crippen molar-refractivity contribution in [3.05, 3.63) is 59.7 Å². The van der Waals surface area contributed by atoms with Crippen LogP contribution >= 0.6 is 12.2 Å². The molecule has 2 nitrogen and oxygen atoms in total. The Morgan fingerprint density at radius 1 is 1.15 bits per heavy atom. The van der Waals surface area contributed by atoms with E-state index in [9.17, 15) is 8.78 Å². The van der Waals surface area contributed by atoms with Gasteiger partial charge in [-0.05, 0) is 31.2 Å². The van der Waals surface area contributed by atoms with Gasteiger partial charge in [-0.15, -0.1) is 0 Å². The Balaban J connectivity index is 2.53. The molecule has 0 atom stereocenters. The third-order valence-electron chi connectivity index (χ3n) is 2.96. The van der Waals surface area contributed by atoms with Gasteiger partial charge in [0.2, 0.25) is 0 Å². The van der Waals surface area contributed by atoms with E-state index in [1.54, 1.807) is 17.0 Å². The molecule has 0 aromatic heterocycles. The minimum Gasteiger partial charge on any atom is -0.389 e. The van der Waals surface area contributed by atoms with Crippen LogP contribution in [0.15, 0.2) is 42.5 Å². The molecule has 0 aliphatic heterocycles. The fraction of sp³-hybridized carbons (Fsp3) is 0.133. The minimum atomic E-state index is -0.682. The summed E-state index contributed by atoms with van der Waals surface area (Å²) in [5.41, 5.74) is 6.21. The molecule has 0 amide bonds. The van der Waals surface area contributed by atoms with E-state index < -0.39 is 11.6 Å². The third-order valence-corrected chi connectivity index (χ3v) is 3.19. The first kappa shape index (κ1) is 14.4. The molecule has 0 saturated heterocycles. The van der Waals surface area contributed by atoms with Gasteiger partial charge in [0.25, 0.3) is 0 Å². The second-order valence-electron chi connectivity index (χ2n) is 4.23. The Morgan fingerprint density at radius 2 is 1.70 bits per heavy atom. The van der Waals surface area contributed by atoms with E-state index in [2.05, 4.69) is 0 Å². The Labute approximate surface area is 121 Å². The molecule has 0 aliphatic rings. The number of nitrogens with two attached hydrogens (primary N) is 1. The standard InChI is InChI=1S/C15H14F2N2S/c1-2-19(11-6-4-3-5-7-11)14-12(16)8-10(15(18)20)9-13(14)17/h3-9H,2H2,1H3,(H2,18,20). The van der Waals surface area contributed by atoms with E-state index in [1.165, 1.54) is 0 Å². The number of nitrogens with zero attached hydrogens (tertiary/aromatic N) is 1. The molecule has 0 aliphatic carbocycles. The van der Waals surface area contributed by atoms with Gasteiger partial charge in [0.15, 0.2) is 11.6 Å². The quantitative estimate of drug-likeness (QED) is 0.870. The molecule has 0 bridgehead atoms. The number of hydrogen-bond donors (Lipinski definition) is 1. The molecule has 0 heterocycles. The van der Waals surface area contributed by atoms with Crippen LogP contribution in [-0.2, 0) is 0 Å². The van der Waals surface area contributed by atoms with E-state index in [4.69, 9.17) is 18.0 Å². The van der Waals surface area contributed by atoms with E-state index >= 15 is 0 Å². The second-order valence-corrected chi connectivity index (χ2v) is 4.67. The zero-order valence-corrected chi connectivity index (χ0v) is 11.8. The fourth-order valence-corrected chi connectivity index (χ4v) is 2.16. The first-order valence-corrected chi connectivity index (χ1v) is 6.56. The summed E-state index contributed by atoms with van der Waals surface area (Å²) in [7, 11) is 0. The third kappa shape index (κ3) is 2.77. The molecular formula is C15H14F2N2S. The van der Waals surface area contributed by atoms with Gasteiger partial charge in [0, 0.05) is 17.8 Å². The second kappa shape index (κ2) is 5.96. The number of hydrogen-bond acceptors (Lipinski definition) is 2. The van der Waals surface area contributed by atoms with Crippen molar-refractivity contribution in [3.8, 4) is 0 Å². The number of para-hydroxylation sites is 1. The zero-order valence-electron chi connectivity index (χ0n) is 10.9. The maximum Gasteiger partial charge on any atom is 0.150 e. The molecule has 2 aromatic carbocycles. The van der Waals surface area contributed by atoms with Crippen LogP contribution in [0.3, 0.4) is 0 Å². The molecule has 0 fully saturated rings. The Bertz CT molecular complexity index is 606. The van der Waals surface area contributed by atoms with Crippen molar-refractivity contribution in [2.45, 2.75) is 6.92 Å². The maximum absolute atomic E-state index is 14.2. The predicted octanol–water partition coefficient (Wildman–Crippen LogP) is 3.76. The van der Waals surface area contributed by atoms with Crippen LogP contribution in [0.2, 0.25) is 0 Å². The lowest BCUT2D eigenvalue weighted by Gasteiger charge is -2.24. The largest absolute Gasteiger partial charge is 0.389 e. The molecule has 2 rings (SSSR count). The normalized spacial score (nSPS) is 10.3. The van der Waals surface area contributed by atoms with E-state index in [-0.39, 0.29) is 16.2 Å². The van der Waals surface area contributed by atoms with Gasteiger partial charge in [-0.2, -0.15) is 0 Å². The van der Waals surface area contributed by atoms with Crippen LogP contribution in [0.25, 0.3) is 0 Å². The van der Waals surface area contributed by atoms with E-state index in [1.807, 2.05) is 25.1 Å². The SMILES string of the molecule is CCN(c1ccccc1)c1c(F)cc(C(N)=S)cc1F. The summed E-state index contributed by atoms with van der Waals surface area (Å²) in [5, 5.41) is 0. The van der Waals surface area contributed by atoms with Gasteiger partial charge in [0.1, 0.15) is 10.7 Å². The summed E-state index contributed by atoms with van der Waals surface area (Å²) >= 11 is 4.74. The highest BCUT2D eigenvalue weighted by Crippen LogP contribution is 2.31. The molecule has 0 radical (unpaired) electrons. The predicted molar refractivity (Wildman–Crippen MR) is 81.4 cm³/mol. The molecular weight excluding hydrogens is 278 g/mol. The van der Waals surface area contributed by atoms with Crippen LogP contribution in [0, 0.1) is 11.6 Å². The monoisotopic (exact) mass is 292 g/mol. The van der Waals surface area contributed by atoms with Gasteiger partial charge >= 0.3 is 0 Å². The van der Waals surface area contributed by atoms with Gasteiger partial charge in [-0.25, -0.2) is 8.78 Å². The highest BCUT2D eigenvalue weighted by Gasteiger charge is 2.18. The summed E-state index contributed by atoms with van der Waals surface area (Å²) < 4.78 is 28.4. The summed E-state index contributed by atoms with van der Waals surface area (Å²) in [6.45, 7) is 2.26. The maximum atomic E-state index is 14.2. The number of thiocarbonyl (C=S) groups is 1. The molecule has 20 heavy (non-hydrogen) atoms. The summed E-state index contributed by atoms with van der Waals surface area (Å²) in [6, 6.07) is 11.4. The smallest absolute Gasteiger partial charge is 0.150 e. The Hall–Kier alpha value is -2.01. The van der Waals surface area contributed by atoms with Gasteiger partial charge < -0.3 is 10.6 Å². The van der Waals surface area contributed by atoms with Crippen molar-refractivity contribution in [1.29, 1.82) is 0 Å². The van der Waals surface area contributed by atoms with Crippen molar-refractivity contribution in [3.63, 3.8) is 0 Å². The van der Waals surface area contributed by atoms with Gasteiger partial charge in [-0.1, -0.05) is 30.4 Å². The molecule has 0 unspecified atom stereocenters. The van der Waals surface area contributed by atoms with Crippen LogP contribution in [0.5, 0.6) is 0 Å². The molecule has 104 valence electrons. The summed E-state index contributed by atoms with van der Waals surface area (Å²) in [5.74, 6) is -1.36. The number of halogens is 2. The zero-order chi connectivity index (χ0) is 14.7. The van der Waals surface area contributed by atoms with E-state index in [0.29, 0.717) is 6.54 Å². The van der Waals surface area contributed by atoms with Crippen molar-refractivity contribution < 1.29 is 8.78 Å². The van der Waals surface area contributed by atoms with Crippen molar-refractivity contribution >= 4 is 28.6 Å². The number of rotatable bonds is 4. The summed E-state index contributed by atoms with van der Waals surface area (Å²) in [6.07, 6.45) is 0. The van der Waals surface area contributed by atoms with Gasteiger partial charge in [0.05, 0.1) is 0 Å². The topological polar surface area (TPSA) is 29.3 Å². The molecule has 5 heteroatoms. The molecule has 2 aromatic rings. The van der Waals surface area contributed by atoms with Crippen LogP contribution in [0.4, 0.5) is 20.2 Å². The Kier molecular flexibility index (Phi) is 4.29. The molecule has 0 spiro atoms. The van der Waals surface area contributed by atoms with Crippen molar-refractivity contribution in [2.75, 3.05) is 11.4 Å². The highest BCUT2D eigenvalue weighted by molar-refractivity contribution is 7.80. The fourth-order valence-electron chi connectivity index (χ4n) is 2.04. The lowest BCUT2D eigenvalue weighted by molar-refractivity contribution is 0.581. The first-order valence-electron chi connectivity index (χ1n) is 6.16. The van der Waals surface area contributed by atoms with Crippen molar-refractivity contribution in [1.82, 2.24) is 0 Å². The highest BCUT2D eigenvalue weighted by atomic mass is 32.1. The Morgan fingerprint density at radius 3 is 2.15 bits per heavy atom. The average Bonchev–Trinajstić information content (AvgIpc) is 2.43. The lowest BCUT2D eigenvalue weighted by atomic mass is 10.1. The van der Waals surface area contributed by atoms with Crippen LogP contribution in [0.1, 0.15) is 12.5 Å². The molecule has 0 saturated carbocycles. The minimum absolute atomic E-state index is 0.0305. The number of benzene rings is 2. The molecule has 2 N–H and O–H groups in total. The van der Waals surface area contributed by atoms with Crippen LogP contribution < -0.4 is 10.6 Å². The van der Waals surface area contributed by atoms with Crippen LogP contribution in [-0.4, -0.2) is 11.5 Å². The summed E-state index contributed by atoms with van der Waals surface area (Å²) in [4.78, 5) is 1.53.